The molecular weight excluding hydrogens is 242 g/mol. The van der Waals surface area contributed by atoms with Crippen LogP contribution in [0.15, 0.2) is 30.3 Å². The maximum absolute atomic E-state index is 11.8. The maximum Gasteiger partial charge on any atom is 0.305 e. The average Bonchev–Trinajstić information content (AvgIpc) is 3.20. The molecule has 2 N–H and O–H groups in total. The van der Waals surface area contributed by atoms with Crippen LogP contribution in [0.2, 0.25) is 0 Å². The van der Waals surface area contributed by atoms with Gasteiger partial charge in [-0.2, -0.15) is 0 Å². The number of nitrogens with one attached hydrogen (secondary N) is 1. The minimum atomic E-state index is -0.906. The van der Waals surface area contributed by atoms with Gasteiger partial charge in [0.1, 0.15) is 0 Å². The largest absolute Gasteiger partial charge is 0.481 e. The van der Waals surface area contributed by atoms with E-state index in [0.29, 0.717) is 12.3 Å². The highest BCUT2D eigenvalue weighted by Gasteiger charge is 2.23. The van der Waals surface area contributed by atoms with Crippen LogP contribution in [-0.2, 0) is 9.59 Å². The standard InChI is InChI=1S/C15H19NO3/c17-14(9-8-11-6-7-11)16-13(10-15(18)19)12-4-2-1-3-5-12/h1-5,11,13H,6-10H2,(H,16,17)(H,18,19). The molecular formula is C15H19NO3. The van der Waals surface area contributed by atoms with Crippen LogP contribution in [0.5, 0.6) is 0 Å². The number of carbonyl (C=O) groups excluding carboxylic acids is 1. The summed E-state index contributed by atoms with van der Waals surface area (Å²) >= 11 is 0. The van der Waals surface area contributed by atoms with Gasteiger partial charge < -0.3 is 10.4 Å². The molecule has 1 aromatic rings. The Morgan fingerprint density at radius 3 is 2.53 bits per heavy atom. The lowest BCUT2D eigenvalue weighted by atomic mass is 10.0. The van der Waals surface area contributed by atoms with Crippen LogP contribution in [-0.4, -0.2) is 17.0 Å². The first kappa shape index (κ1) is 13.6. The van der Waals surface area contributed by atoms with E-state index in [0.717, 1.165) is 12.0 Å². The third-order valence-electron chi connectivity index (χ3n) is 3.39. The Balaban J connectivity index is 1.92. The molecule has 2 rings (SSSR count). The van der Waals surface area contributed by atoms with Gasteiger partial charge in [0.15, 0.2) is 0 Å². The lowest BCUT2D eigenvalue weighted by molar-refractivity contribution is -0.137. The summed E-state index contributed by atoms with van der Waals surface area (Å²) in [6.07, 6.45) is 3.78. The first-order chi connectivity index (χ1) is 9.15. The van der Waals surface area contributed by atoms with E-state index in [9.17, 15) is 9.59 Å². The summed E-state index contributed by atoms with van der Waals surface area (Å²) in [7, 11) is 0. The summed E-state index contributed by atoms with van der Waals surface area (Å²) in [4.78, 5) is 22.7. The van der Waals surface area contributed by atoms with E-state index >= 15 is 0 Å². The normalized spacial score (nSPS) is 15.8. The summed E-state index contributed by atoms with van der Waals surface area (Å²) in [5, 5.41) is 11.8. The van der Waals surface area contributed by atoms with Gasteiger partial charge in [0.2, 0.25) is 5.91 Å². The molecule has 19 heavy (non-hydrogen) atoms. The Bertz CT molecular complexity index is 440. The van der Waals surface area contributed by atoms with Crippen LogP contribution in [0.4, 0.5) is 0 Å². The number of amides is 1. The zero-order valence-electron chi connectivity index (χ0n) is 10.8. The molecule has 0 radical (unpaired) electrons. The third-order valence-corrected chi connectivity index (χ3v) is 3.39. The highest BCUT2D eigenvalue weighted by Crippen LogP contribution is 2.33. The van der Waals surface area contributed by atoms with Gasteiger partial charge in [-0.1, -0.05) is 43.2 Å². The van der Waals surface area contributed by atoms with Gasteiger partial charge in [-0.05, 0) is 17.9 Å². The molecule has 1 fully saturated rings. The Kier molecular flexibility index (Phi) is 4.55. The van der Waals surface area contributed by atoms with Gasteiger partial charge in [-0.25, -0.2) is 0 Å². The molecule has 0 aromatic heterocycles. The molecule has 1 aliphatic rings. The number of rotatable bonds is 7. The number of carboxylic acid groups (broad SMARTS) is 1. The minimum Gasteiger partial charge on any atom is -0.481 e. The first-order valence-electron chi connectivity index (χ1n) is 6.71. The number of hydrogen-bond donors (Lipinski definition) is 2. The molecule has 0 heterocycles. The van der Waals surface area contributed by atoms with Gasteiger partial charge >= 0.3 is 5.97 Å². The lowest BCUT2D eigenvalue weighted by Gasteiger charge is -2.17. The van der Waals surface area contributed by atoms with Crippen LogP contribution in [0.3, 0.4) is 0 Å². The van der Waals surface area contributed by atoms with Gasteiger partial charge in [-0.15, -0.1) is 0 Å². The monoisotopic (exact) mass is 261 g/mol. The van der Waals surface area contributed by atoms with Gasteiger partial charge in [0.05, 0.1) is 12.5 Å². The van der Waals surface area contributed by atoms with Crippen molar-refractivity contribution in [2.45, 2.75) is 38.1 Å². The Hall–Kier alpha value is -1.84. The fraction of sp³-hybridized carbons (Fsp3) is 0.467. The first-order valence-corrected chi connectivity index (χ1v) is 6.71. The molecule has 1 aromatic carbocycles. The fourth-order valence-electron chi connectivity index (χ4n) is 2.12. The van der Waals surface area contributed by atoms with Crippen LogP contribution < -0.4 is 5.32 Å². The zero-order valence-corrected chi connectivity index (χ0v) is 10.8. The van der Waals surface area contributed by atoms with Crippen LogP contribution in [0.1, 0.15) is 43.7 Å². The molecule has 1 aliphatic carbocycles. The molecule has 102 valence electrons. The minimum absolute atomic E-state index is 0.0537. The van der Waals surface area contributed by atoms with Crippen molar-refractivity contribution >= 4 is 11.9 Å². The van der Waals surface area contributed by atoms with Gasteiger partial charge in [-0.3, -0.25) is 9.59 Å². The molecule has 4 heteroatoms. The molecule has 1 amide bonds. The van der Waals surface area contributed by atoms with Crippen molar-refractivity contribution in [2.75, 3.05) is 0 Å². The molecule has 4 nitrogen and oxygen atoms in total. The van der Waals surface area contributed by atoms with Crippen molar-refractivity contribution in [1.29, 1.82) is 0 Å². The lowest BCUT2D eigenvalue weighted by Crippen LogP contribution is -2.30. The summed E-state index contributed by atoms with van der Waals surface area (Å²) in [6.45, 7) is 0. The molecule has 0 aliphatic heterocycles. The van der Waals surface area contributed by atoms with Gasteiger partial charge in [0.25, 0.3) is 0 Å². The quantitative estimate of drug-likeness (QED) is 0.792. The van der Waals surface area contributed by atoms with E-state index in [2.05, 4.69) is 5.32 Å². The summed E-state index contributed by atoms with van der Waals surface area (Å²) < 4.78 is 0. The van der Waals surface area contributed by atoms with E-state index in [-0.39, 0.29) is 12.3 Å². The predicted molar refractivity (Wildman–Crippen MR) is 71.5 cm³/mol. The molecule has 1 saturated carbocycles. The van der Waals surface area contributed by atoms with Crippen molar-refractivity contribution in [3.05, 3.63) is 35.9 Å². The Morgan fingerprint density at radius 1 is 1.26 bits per heavy atom. The Morgan fingerprint density at radius 2 is 1.95 bits per heavy atom. The van der Waals surface area contributed by atoms with E-state index in [1.54, 1.807) is 0 Å². The van der Waals surface area contributed by atoms with Crippen LogP contribution in [0.25, 0.3) is 0 Å². The van der Waals surface area contributed by atoms with Crippen molar-refractivity contribution in [3.8, 4) is 0 Å². The van der Waals surface area contributed by atoms with Crippen molar-refractivity contribution < 1.29 is 14.7 Å². The fourth-order valence-corrected chi connectivity index (χ4v) is 2.12. The van der Waals surface area contributed by atoms with Crippen molar-refractivity contribution in [3.63, 3.8) is 0 Å². The molecule has 0 bridgehead atoms. The molecule has 1 atom stereocenters. The zero-order chi connectivity index (χ0) is 13.7. The summed E-state index contributed by atoms with van der Waals surface area (Å²) in [5.41, 5.74) is 0.838. The van der Waals surface area contributed by atoms with E-state index in [1.165, 1.54) is 12.8 Å². The highest BCUT2D eigenvalue weighted by atomic mass is 16.4. The van der Waals surface area contributed by atoms with Crippen molar-refractivity contribution in [1.82, 2.24) is 5.32 Å². The number of carbonyl (C=O) groups is 2. The number of hydrogen-bond acceptors (Lipinski definition) is 2. The number of benzene rings is 1. The summed E-state index contributed by atoms with van der Waals surface area (Å²) in [5.74, 6) is -0.251. The SMILES string of the molecule is O=C(O)CC(NC(=O)CCC1CC1)c1ccccc1. The molecule has 0 saturated heterocycles. The summed E-state index contributed by atoms with van der Waals surface area (Å²) in [6, 6.07) is 8.81. The maximum atomic E-state index is 11.8. The van der Waals surface area contributed by atoms with Crippen molar-refractivity contribution in [2.24, 2.45) is 5.92 Å². The number of aliphatic carboxylic acids is 1. The second-order valence-corrected chi connectivity index (χ2v) is 5.11. The molecule has 1 unspecified atom stereocenters. The van der Waals surface area contributed by atoms with E-state index < -0.39 is 12.0 Å². The predicted octanol–water partition coefficient (Wildman–Crippen LogP) is 2.51. The molecule has 0 spiro atoms. The van der Waals surface area contributed by atoms with Gasteiger partial charge in [0, 0.05) is 6.42 Å². The van der Waals surface area contributed by atoms with Crippen LogP contribution >= 0.6 is 0 Å². The number of carboxylic acids is 1. The smallest absolute Gasteiger partial charge is 0.305 e. The average molecular weight is 261 g/mol. The van der Waals surface area contributed by atoms with Crippen LogP contribution in [0, 0.1) is 5.92 Å². The highest BCUT2D eigenvalue weighted by molar-refractivity contribution is 5.77. The Labute approximate surface area is 112 Å². The van der Waals surface area contributed by atoms with E-state index in [1.807, 2.05) is 30.3 Å². The second kappa shape index (κ2) is 6.36. The van der Waals surface area contributed by atoms with E-state index in [4.69, 9.17) is 5.11 Å². The third kappa shape index (κ3) is 4.73. The second-order valence-electron chi connectivity index (χ2n) is 5.11. The topological polar surface area (TPSA) is 66.4 Å².